The fourth-order valence-corrected chi connectivity index (χ4v) is 2.04. The lowest BCUT2D eigenvalue weighted by Gasteiger charge is -2.14. The van der Waals surface area contributed by atoms with Crippen molar-refractivity contribution >= 4 is 21.7 Å². The van der Waals surface area contributed by atoms with Crippen LogP contribution in [-0.2, 0) is 0 Å². The zero-order chi connectivity index (χ0) is 11.7. The van der Waals surface area contributed by atoms with Gasteiger partial charge in [0.2, 0.25) is 0 Å². The molecule has 5 heteroatoms. The molecule has 0 saturated heterocycles. The summed E-state index contributed by atoms with van der Waals surface area (Å²) in [6.45, 7) is 2.06. The summed E-state index contributed by atoms with van der Waals surface area (Å²) in [7, 11) is 0. The summed E-state index contributed by atoms with van der Waals surface area (Å²) in [5, 5.41) is 3.16. The number of nitrogens with zero attached hydrogens (tertiary/aromatic N) is 1. The van der Waals surface area contributed by atoms with Gasteiger partial charge in [-0.3, -0.25) is 0 Å². The molecule has 0 unspecified atom stereocenters. The number of pyridine rings is 1. The molecule has 0 spiro atoms. The van der Waals surface area contributed by atoms with Gasteiger partial charge in [-0.15, -0.1) is 0 Å². The topological polar surface area (TPSA) is 24.9 Å². The summed E-state index contributed by atoms with van der Waals surface area (Å²) in [5.41, 5.74) is -0.0134. The van der Waals surface area contributed by atoms with Gasteiger partial charge in [0.25, 0.3) is 6.43 Å². The quantitative estimate of drug-likeness (QED) is 0.907. The molecule has 1 atom stereocenters. The predicted octanol–water partition coefficient (Wildman–Crippen LogP) is 3.99. The Bertz CT molecular complexity index is 380. The van der Waals surface area contributed by atoms with E-state index in [9.17, 15) is 8.78 Å². The van der Waals surface area contributed by atoms with Gasteiger partial charge in [0, 0.05) is 22.3 Å². The Morgan fingerprint density at radius 3 is 2.75 bits per heavy atom. The van der Waals surface area contributed by atoms with Crippen LogP contribution < -0.4 is 5.32 Å². The highest BCUT2D eigenvalue weighted by molar-refractivity contribution is 9.10. The van der Waals surface area contributed by atoms with Gasteiger partial charge in [0.05, 0.1) is 0 Å². The van der Waals surface area contributed by atoms with Gasteiger partial charge < -0.3 is 5.32 Å². The molecule has 1 aromatic rings. The van der Waals surface area contributed by atoms with Crippen LogP contribution in [0, 0.1) is 5.92 Å². The van der Waals surface area contributed by atoms with Gasteiger partial charge in [-0.25, -0.2) is 13.8 Å². The van der Waals surface area contributed by atoms with Gasteiger partial charge in [-0.1, -0.05) is 0 Å². The Hall–Kier alpha value is -0.710. The van der Waals surface area contributed by atoms with E-state index in [0.29, 0.717) is 22.3 Å². The Morgan fingerprint density at radius 1 is 1.50 bits per heavy atom. The van der Waals surface area contributed by atoms with Crippen LogP contribution in [0.15, 0.2) is 16.7 Å². The molecular weight excluding hydrogens is 278 g/mol. The van der Waals surface area contributed by atoms with Crippen LogP contribution in [0.2, 0.25) is 0 Å². The second-order valence-corrected chi connectivity index (χ2v) is 5.02. The first-order valence-corrected chi connectivity index (χ1v) is 6.07. The molecule has 1 saturated carbocycles. The van der Waals surface area contributed by atoms with Crippen LogP contribution in [0.1, 0.15) is 31.8 Å². The van der Waals surface area contributed by atoms with Gasteiger partial charge in [-0.2, -0.15) is 0 Å². The number of anilines is 1. The van der Waals surface area contributed by atoms with E-state index in [1.165, 1.54) is 25.1 Å². The number of alkyl halides is 2. The molecule has 0 bridgehead atoms. The Labute approximate surface area is 102 Å². The summed E-state index contributed by atoms with van der Waals surface area (Å²) in [6.07, 6.45) is 1.37. The maximum absolute atomic E-state index is 12.6. The highest BCUT2D eigenvalue weighted by Crippen LogP contribution is 2.34. The SMILES string of the molecule is C[C@@H](Nc1cc(C(F)F)c(Br)cn1)C1CC1. The van der Waals surface area contributed by atoms with E-state index in [1.807, 2.05) is 0 Å². The van der Waals surface area contributed by atoms with Gasteiger partial charge in [0.15, 0.2) is 0 Å². The number of hydrogen-bond donors (Lipinski definition) is 1. The molecule has 0 aromatic carbocycles. The van der Waals surface area contributed by atoms with Gasteiger partial charge >= 0.3 is 0 Å². The molecular formula is C11H13BrF2N2. The number of aromatic nitrogens is 1. The lowest BCUT2D eigenvalue weighted by Crippen LogP contribution is -2.18. The maximum Gasteiger partial charge on any atom is 0.265 e. The monoisotopic (exact) mass is 290 g/mol. The van der Waals surface area contributed by atoms with Gasteiger partial charge in [0.1, 0.15) is 5.82 Å². The highest BCUT2D eigenvalue weighted by atomic mass is 79.9. The number of rotatable bonds is 4. The average Bonchev–Trinajstić information content (AvgIpc) is 3.03. The molecule has 0 radical (unpaired) electrons. The predicted molar refractivity (Wildman–Crippen MR) is 62.7 cm³/mol. The minimum atomic E-state index is -2.48. The lowest BCUT2D eigenvalue weighted by atomic mass is 10.2. The van der Waals surface area contributed by atoms with Crippen LogP contribution >= 0.6 is 15.9 Å². The summed E-state index contributed by atoms with van der Waals surface area (Å²) < 4.78 is 25.6. The molecule has 1 heterocycles. The van der Waals surface area contributed by atoms with Crippen LogP contribution in [0.25, 0.3) is 0 Å². The molecule has 0 amide bonds. The third-order valence-electron chi connectivity index (χ3n) is 2.82. The molecule has 16 heavy (non-hydrogen) atoms. The summed E-state index contributed by atoms with van der Waals surface area (Å²) in [5.74, 6) is 1.19. The molecule has 1 aliphatic rings. The second kappa shape index (κ2) is 4.65. The minimum absolute atomic E-state index is 0.0134. The van der Waals surface area contributed by atoms with Crippen LogP contribution in [0.5, 0.6) is 0 Å². The van der Waals surface area contributed by atoms with E-state index >= 15 is 0 Å². The maximum atomic E-state index is 12.6. The zero-order valence-electron chi connectivity index (χ0n) is 8.88. The number of halogens is 3. The van der Waals surface area contributed by atoms with Crippen molar-refractivity contribution in [1.29, 1.82) is 0 Å². The van der Waals surface area contributed by atoms with Crippen LogP contribution in [0.4, 0.5) is 14.6 Å². The zero-order valence-corrected chi connectivity index (χ0v) is 10.5. The van der Waals surface area contributed by atoms with Crippen LogP contribution in [-0.4, -0.2) is 11.0 Å². The molecule has 2 rings (SSSR count). The smallest absolute Gasteiger partial charge is 0.265 e. The summed E-state index contributed by atoms with van der Waals surface area (Å²) in [4.78, 5) is 4.08. The summed E-state index contributed by atoms with van der Waals surface area (Å²) in [6, 6.07) is 1.72. The van der Waals surface area contributed by atoms with Crippen molar-refractivity contribution in [2.24, 2.45) is 5.92 Å². The summed E-state index contributed by atoms with van der Waals surface area (Å²) >= 11 is 3.07. The van der Waals surface area contributed by atoms with E-state index in [-0.39, 0.29) is 5.56 Å². The van der Waals surface area contributed by atoms with Crippen molar-refractivity contribution in [3.05, 3.63) is 22.3 Å². The van der Waals surface area contributed by atoms with Crippen molar-refractivity contribution < 1.29 is 8.78 Å². The van der Waals surface area contributed by atoms with Crippen molar-refractivity contribution in [2.75, 3.05) is 5.32 Å². The Balaban J connectivity index is 2.11. The molecule has 1 aliphatic carbocycles. The van der Waals surface area contributed by atoms with E-state index in [1.54, 1.807) is 0 Å². The number of nitrogens with one attached hydrogen (secondary N) is 1. The van der Waals surface area contributed by atoms with Crippen molar-refractivity contribution in [1.82, 2.24) is 4.98 Å². The standard InChI is InChI=1S/C11H13BrF2N2/c1-6(7-2-3-7)16-10-4-8(11(13)14)9(12)5-15-10/h4-7,11H,2-3H2,1H3,(H,15,16)/t6-/m1/s1. The molecule has 1 aromatic heterocycles. The normalized spacial score (nSPS) is 17.6. The molecule has 0 aliphatic heterocycles. The van der Waals surface area contributed by atoms with E-state index < -0.39 is 6.43 Å². The van der Waals surface area contributed by atoms with E-state index in [4.69, 9.17) is 0 Å². The first-order chi connectivity index (χ1) is 7.58. The number of hydrogen-bond acceptors (Lipinski definition) is 2. The molecule has 2 nitrogen and oxygen atoms in total. The van der Waals surface area contributed by atoms with Crippen LogP contribution in [0.3, 0.4) is 0 Å². The van der Waals surface area contributed by atoms with Gasteiger partial charge in [-0.05, 0) is 47.7 Å². The first-order valence-electron chi connectivity index (χ1n) is 5.28. The minimum Gasteiger partial charge on any atom is -0.367 e. The molecule has 1 fully saturated rings. The fourth-order valence-electron chi connectivity index (χ4n) is 1.65. The third kappa shape index (κ3) is 2.70. The second-order valence-electron chi connectivity index (χ2n) is 4.16. The largest absolute Gasteiger partial charge is 0.367 e. The fraction of sp³-hybridized carbons (Fsp3) is 0.545. The first kappa shape index (κ1) is 11.8. The Morgan fingerprint density at radius 2 is 2.19 bits per heavy atom. The third-order valence-corrected chi connectivity index (χ3v) is 3.49. The highest BCUT2D eigenvalue weighted by Gasteiger charge is 2.28. The van der Waals surface area contributed by atoms with Crippen molar-refractivity contribution in [3.63, 3.8) is 0 Å². The van der Waals surface area contributed by atoms with Crippen molar-refractivity contribution in [3.8, 4) is 0 Å². The molecule has 88 valence electrons. The average molecular weight is 291 g/mol. The van der Waals surface area contributed by atoms with Crippen molar-refractivity contribution in [2.45, 2.75) is 32.2 Å². The molecule has 1 N–H and O–H groups in total. The van der Waals surface area contributed by atoms with E-state index in [0.717, 1.165) is 0 Å². The van der Waals surface area contributed by atoms with E-state index in [2.05, 4.69) is 33.2 Å². The Kier molecular flexibility index (Phi) is 3.42. The lowest BCUT2D eigenvalue weighted by molar-refractivity contribution is 0.150.